The van der Waals surface area contributed by atoms with Crippen LogP contribution < -0.4 is 4.90 Å². The van der Waals surface area contributed by atoms with Crippen LogP contribution in [-0.4, -0.2) is 0 Å². The molecule has 0 aliphatic carbocycles. The van der Waals surface area contributed by atoms with E-state index in [0.29, 0.717) is 10.0 Å². The molecule has 0 N–H and O–H groups in total. The van der Waals surface area contributed by atoms with Gasteiger partial charge >= 0.3 is 0 Å². The van der Waals surface area contributed by atoms with Gasteiger partial charge in [0.2, 0.25) is 0 Å². The van der Waals surface area contributed by atoms with Crippen LogP contribution in [0.4, 0.5) is 17.1 Å². The van der Waals surface area contributed by atoms with Gasteiger partial charge in [-0.2, -0.15) is 0 Å². The lowest BCUT2D eigenvalue weighted by atomic mass is 9.86. The van der Waals surface area contributed by atoms with E-state index >= 15 is 0 Å². The molecule has 4 aromatic rings. The molecule has 0 amide bonds. The van der Waals surface area contributed by atoms with Crippen LogP contribution in [0, 0.1) is 0 Å². The van der Waals surface area contributed by atoms with Gasteiger partial charge in [0.25, 0.3) is 0 Å². The fraction of sp³-hybridized carbons (Fsp3) is 0.167. The van der Waals surface area contributed by atoms with E-state index in [1.807, 2.05) is 48.5 Å². The van der Waals surface area contributed by atoms with Gasteiger partial charge in [0.15, 0.2) is 0 Å². The summed E-state index contributed by atoms with van der Waals surface area (Å²) in [7, 11) is 0. The SMILES string of the molecule is CC(C)(C)c1cc(Cl)c(Cl)c(N(c2ccccc2)c2coc3ccccc23)c1. The molecule has 0 bridgehead atoms. The summed E-state index contributed by atoms with van der Waals surface area (Å²) >= 11 is 13.3. The molecule has 0 radical (unpaired) electrons. The lowest BCUT2D eigenvalue weighted by Gasteiger charge is -2.28. The average Bonchev–Trinajstić information content (AvgIpc) is 3.09. The Kier molecular flexibility index (Phi) is 4.86. The van der Waals surface area contributed by atoms with Crippen LogP contribution in [0.3, 0.4) is 0 Å². The summed E-state index contributed by atoms with van der Waals surface area (Å²) in [6, 6.07) is 22.2. The molecule has 3 aromatic carbocycles. The van der Waals surface area contributed by atoms with Gasteiger partial charge in [0, 0.05) is 11.1 Å². The lowest BCUT2D eigenvalue weighted by molar-refractivity contribution is 0.590. The first-order valence-electron chi connectivity index (χ1n) is 9.17. The quantitative estimate of drug-likeness (QED) is 0.337. The molecule has 4 heteroatoms. The molecule has 0 saturated carbocycles. The molecule has 1 heterocycles. The summed E-state index contributed by atoms with van der Waals surface area (Å²) in [5.41, 5.74) is 4.61. The summed E-state index contributed by atoms with van der Waals surface area (Å²) < 4.78 is 5.82. The second-order valence-electron chi connectivity index (χ2n) is 7.83. The van der Waals surface area contributed by atoms with Crippen LogP contribution in [0.5, 0.6) is 0 Å². The number of fused-ring (bicyclic) bond motifs is 1. The molecule has 142 valence electrons. The topological polar surface area (TPSA) is 16.4 Å². The van der Waals surface area contributed by atoms with Gasteiger partial charge < -0.3 is 9.32 Å². The normalized spacial score (nSPS) is 11.8. The van der Waals surface area contributed by atoms with E-state index < -0.39 is 0 Å². The van der Waals surface area contributed by atoms with Gasteiger partial charge in [-0.25, -0.2) is 0 Å². The number of furan rings is 1. The van der Waals surface area contributed by atoms with Crippen molar-refractivity contribution in [3.8, 4) is 0 Å². The number of anilines is 3. The van der Waals surface area contributed by atoms with Crippen LogP contribution in [0.1, 0.15) is 26.3 Å². The first-order chi connectivity index (χ1) is 13.4. The molecule has 0 saturated heterocycles. The van der Waals surface area contributed by atoms with Crippen molar-refractivity contribution < 1.29 is 4.42 Å². The van der Waals surface area contributed by atoms with Crippen LogP contribution >= 0.6 is 23.2 Å². The molecule has 0 aliphatic heterocycles. The standard InChI is InChI=1S/C24H21Cl2NO/c1-24(2,3)16-13-19(25)23(26)20(14-16)27(17-9-5-4-6-10-17)21-15-28-22-12-8-7-11-18(21)22/h4-15H,1-3H3. The number of rotatable bonds is 3. The Morgan fingerprint density at radius 1 is 0.821 bits per heavy atom. The zero-order valence-corrected chi connectivity index (χ0v) is 17.6. The molecule has 28 heavy (non-hydrogen) atoms. The van der Waals surface area contributed by atoms with Gasteiger partial charge in [0.05, 0.1) is 21.4 Å². The number of para-hydroxylation sites is 2. The van der Waals surface area contributed by atoms with Gasteiger partial charge in [-0.1, -0.05) is 74.3 Å². The van der Waals surface area contributed by atoms with Crippen molar-refractivity contribution >= 4 is 51.2 Å². The van der Waals surface area contributed by atoms with Crippen molar-refractivity contribution in [1.29, 1.82) is 0 Å². The first kappa shape index (κ1) is 18.9. The summed E-state index contributed by atoms with van der Waals surface area (Å²) in [5.74, 6) is 0. The van der Waals surface area contributed by atoms with E-state index in [4.69, 9.17) is 27.6 Å². The fourth-order valence-corrected chi connectivity index (χ4v) is 3.70. The smallest absolute Gasteiger partial charge is 0.136 e. The van der Waals surface area contributed by atoms with Crippen molar-refractivity contribution in [2.45, 2.75) is 26.2 Å². The highest BCUT2D eigenvalue weighted by molar-refractivity contribution is 6.44. The highest BCUT2D eigenvalue weighted by Crippen LogP contribution is 2.46. The van der Waals surface area contributed by atoms with E-state index in [9.17, 15) is 0 Å². The fourth-order valence-electron chi connectivity index (χ4n) is 3.29. The van der Waals surface area contributed by atoms with E-state index in [0.717, 1.165) is 33.6 Å². The summed E-state index contributed by atoms with van der Waals surface area (Å²) in [4.78, 5) is 2.11. The summed E-state index contributed by atoms with van der Waals surface area (Å²) in [6.07, 6.45) is 1.77. The molecular formula is C24H21Cl2NO. The zero-order valence-electron chi connectivity index (χ0n) is 16.0. The molecule has 0 fully saturated rings. The van der Waals surface area contributed by atoms with Crippen LogP contribution in [0.25, 0.3) is 11.0 Å². The maximum absolute atomic E-state index is 6.72. The van der Waals surface area contributed by atoms with Crippen LogP contribution in [0.15, 0.2) is 77.4 Å². The van der Waals surface area contributed by atoms with Crippen molar-refractivity contribution in [3.05, 3.63) is 88.6 Å². The maximum Gasteiger partial charge on any atom is 0.136 e. The Bertz CT molecular complexity index is 1130. The van der Waals surface area contributed by atoms with E-state index in [1.54, 1.807) is 6.26 Å². The Hall–Kier alpha value is -2.42. The molecule has 0 spiro atoms. The predicted octanol–water partition coefficient (Wildman–Crippen LogP) is 8.51. The highest BCUT2D eigenvalue weighted by atomic mass is 35.5. The number of nitrogens with zero attached hydrogens (tertiary/aromatic N) is 1. The molecule has 0 unspecified atom stereocenters. The second-order valence-corrected chi connectivity index (χ2v) is 8.61. The molecule has 0 atom stereocenters. The molecular weight excluding hydrogens is 389 g/mol. The largest absolute Gasteiger partial charge is 0.462 e. The molecule has 4 rings (SSSR count). The van der Waals surface area contributed by atoms with E-state index in [-0.39, 0.29) is 5.41 Å². The Labute approximate surface area is 175 Å². The van der Waals surface area contributed by atoms with Crippen molar-refractivity contribution in [2.24, 2.45) is 0 Å². The number of hydrogen-bond donors (Lipinski definition) is 0. The van der Waals surface area contributed by atoms with Crippen molar-refractivity contribution in [2.75, 3.05) is 4.90 Å². The zero-order chi connectivity index (χ0) is 19.9. The molecule has 1 aromatic heterocycles. The highest BCUT2D eigenvalue weighted by Gasteiger charge is 2.24. The summed E-state index contributed by atoms with van der Waals surface area (Å²) in [5, 5.41) is 2.07. The van der Waals surface area contributed by atoms with Gasteiger partial charge in [-0.3, -0.25) is 0 Å². The number of halogens is 2. The summed E-state index contributed by atoms with van der Waals surface area (Å²) in [6.45, 7) is 6.49. The maximum atomic E-state index is 6.72. The van der Waals surface area contributed by atoms with Crippen molar-refractivity contribution in [1.82, 2.24) is 0 Å². The number of benzene rings is 3. The second kappa shape index (κ2) is 7.20. The van der Waals surface area contributed by atoms with Crippen molar-refractivity contribution in [3.63, 3.8) is 0 Å². The van der Waals surface area contributed by atoms with E-state index in [2.05, 4.69) is 43.9 Å². The Morgan fingerprint density at radius 2 is 1.50 bits per heavy atom. The molecule has 2 nitrogen and oxygen atoms in total. The minimum atomic E-state index is -0.0657. The first-order valence-corrected chi connectivity index (χ1v) is 9.93. The number of hydrogen-bond acceptors (Lipinski definition) is 2. The van der Waals surface area contributed by atoms with Gasteiger partial charge in [-0.05, 0) is 47.4 Å². The Morgan fingerprint density at radius 3 is 2.21 bits per heavy atom. The Balaban J connectivity index is 2.02. The minimum Gasteiger partial charge on any atom is -0.462 e. The average molecular weight is 410 g/mol. The van der Waals surface area contributed by atoms with Gasteiger partial charge in [0.1, 0.15) is 11.8 Å². The van der Waals surface area contributed by atoms with Crippen LogP contribution in [0.2, 0.25) is 10.0 Å². The lowest BCUT2D eigenvalue weighted by Crippen LogP contribution is -2.15. The predicted molar refractivity (Wildman–Crippen MR) is 120 cm³/mol. The monoisotopic (exact) mass is 409 g/mol. The third-order valence-electron chi connectivity index (χ3n) is 4.83. The third-order valence-corrected chi connectivity index (χ3v) is 5.62. The van der Waals surface area contributed by atoms with Crippen LogP contribution in [-0.2, 0) is 5.41 Å². The minimum absolute atomic E-state index is 0.0657. The van der Waals surface area contributed by atoms with Gasteiger partial charge in [-0.15, -0.1) is 0 Å². The van der Waals surface area contributed by atoms with E-state index in [1.165, 1.54) is 0 Å². The third kappa shape index (κ3) is 3.39. The molecule has 0 aliphatic rings.